The summed E-state index contributed by atoms with van der Waals surface area (Å²) in [7, 11) is 0. The number of nitrogens with one attached hydrogen (secondary N) is 1. The fraction of sp³-hybridized carbons (Fsp3) is 0.154. The number of nitrogens with two attached hydrogens (primary N) is 1. The lowest BCUT2D eigenvalue weighted by atomic mass is 10.1. The molecule has 0 atom stereocenters. The Bertz CT molecular complexity index is 723. The number of benzene rings is 1. The summed E-state index contributed by atoms with van der Waals surface area (Å²) < 4.78 is 5.71. The molecule has 0 saturated carbocycles. The summed E-state index contributed by atoms with van der Waals surface area (Å²) in [5, 5.41) is 16.2. The third-order valence-corrected chi connectivity index (χ3v) is 2.83. The first-order valence-corrected chi connectivity index (χ1v) is 6.10. The third kappa shape index (κ3) is 2.39. The van der Waals surface area contributed by atoms with E-state index in [0.717, 1.165) is 5.56 Å². The Kier molecular flexibility index (Phi) is 3.18. The number of aromatic nitrogens is 4. The molecule has 0 saturated heterocycles. The molecular formula is C13H13N5O2. The Hall–Kier alpha value is -2.67. The maximum absolute atomic E-state index is 8.88. The first-order chi connectivity index (χ1) is 9.76. The van der Waals surface area contributed by atoms with E-state index in [1.807, 2.05) is 24.3 Å². The van der Waals surface area contributed by atoms with Crippen molar-refractivity contribution in [2.45, 2.75) is 6.42 Å². The number of aromatic amines is 1. The van der Waals surface area contributed by atoms with Crippen LogP contribution in [0, 0.1) is 0 Å². The molecule has 0 aliphatic heterocycles. The lowest BCUT2D eigenvalue weighted by molar-refractivity contribution is 0.299. The van der Waals surface area contributed by atoms with E-state index in [-0.39, 0.29) is 12.6 Å². The largest absolute Gasteiger partial charge is 0.438 e. The number of ether oxygens (including phenoxy) is 1. The third-order valence-electron chi connectivity index (χ3n) is 2.83. The maximum Gasteiger partial charge on any atom is 0.235 e. The normalized spacial score (nSPS) is 10.8. The highest BCUT2D eigenvalue weighted by Crippen LogP contribution is 2.26. The minimum atomic E-state index is 0.119. The standard InChI is InChI=1S/C13H13N5O2/c14-13-16-11-10(7-15-18-11)12(17-13)20-9-3-1-8(2-4-9)5-6-19/h1-4,7,19H,5-6H2,(H3,14,15,16,17,18). The van der Waals surface area contributed by atoms with E-state index in [2.05, 4.69) is 20.2 Å². The average molecular weight is 271 g/mol. The predicted molar refractivity (Wildman–Crippen MR) is 73.4 cm³/mol. The summed E-state index contributed by atoms with van der Waals surface area (Å²) in [5.74, 6) is 1.11. The molecule has 0 radical (unpaired) electrons. The number of nitrogens with zero attached hydrogens (tertiary/aromatic N) is 3. The van der Waals surface area contributed by atoms with E-state index >= 15 is 0 Å². The number of nitrogen functional groups attached to an aromatic ring is 1. The lowest BCUT2D eigenvalue weighted by Gasteiger charge is -2.06. The minimum absolute atomic E-state index is 0.119. The van der Waals surface area contributed by atoms with Crippen molar-refractivity contribution in [1.29, 1.82) is 0 Å². The Morgan fingerprint density at radius 1 is 1.20 bits per heavy atom. The van der Waals surface area contributed by atoms with Crippen molar-refractivity contribution in [2.24, 2.45) is 0 Å². The van der Waals surface area contributed by atoms with Gasteiger partial charge in [0.25, 0.3) is 0 Å². The van der Waals surface area contributed by atoms with Crippen LogP contribution in [0.15, 0.2) is 30.5 Å². The number of fused-ring (bicyclic) bond motifs is 1. The van der Waals surface area contributed by atoms with Crippen LogP contribution < -0.4 is 10.5 Å². The summed E-state index contributed by atoms with van der Waals surface area (Å²) in [6, 6.07) is 7.41. The summed E-state index contributed by atoms with van der Waals surface area (Å²) in [5.41, 5.74) is 7.19. The Morgan fingerprint density at radius 2 is 2.00 bits per heavy atom. The smallest absolute Gasteiger partial charge is 0.235 e. The zero-order chi connectivity index (χ0) is 13.9. The molecule has 7 nitrogen and oxygen atoms in total. The summed E-state index contributed by atoms with van der Waals surface area (Å²) in [4.78, 5) is 8.09. The van der Waals surface area contributed by atoms with Gasteiger partial charge in [0, 0.05) is 6.61 Å². The Labute approximate surface area is 114 Å². The monoisotopic (exact) mass is 271 g/mol. The van der Waals surface area contributed by atoms with Gasteiger partial charge >= 0.3 is 0 Å². The highest BCUT2D eigenvalue weighted by Gasteiger charge is 2.10. The molecule has 4 N–H and O–H groups in total. The zero-order valence-electron chi connectivity index (χ0n) is 10.6. The number of hydrogen-bond acceptors (Lipinski definition) is 6. The van der Waals surface area contributed by atoms with Gasteiger partial charge in [-0.25, -0.2) is 0 Å². The number of aliphatic hydroxyl groups is 1. The highest BCUT2D eigenvalue weighted by atomic mass is 16.5. The van der Waals surface area contributed by atoms with Gasteiger partial charge in [-0.1, -0.05) is 12.1 Å². The number of hydrogen-bond donors (Lipinski definition) is 3. The van der Waals surface area contributed by atoms with Gasteiger partial charge < -0.3 is 15.6 Å². The van der Waals surface area contributed by atoms with Crippen molar-refractivity contribution in [3.63, 3.8) is 0 Å². The topological polar surface area (TPSA) is 110 Å². The molecule has 20 heavy (non-hydrogen) atoms. The van der Waals surface area contributed by atoms with Gasteiger partial charge in [0.1, 0.15) is 11.1 Å². The van der Waals surface area contributed by atoms with Crippen LogP contribution in [0.5, 0.6) is 11.6 Å². The van der Waals surface area contributed by atoms with Gasteiger partial charge in [-0.15, -0.1) is 0 Å². The molecule has 0 unspecified atom stereocenters. The van der Waals surface area contributed by atoms with E-state index in [9.17, 15) is 0 Å². The fourth-order valence-corrected chi connectivity index (χ4v) is 1.87. The van der Waals surface area contributed by atoms with Crippen molar-refractivity contribution in [1.82, 2.24) is 20.2 Å². The summed E-state index contributed by atoms with van der Waals surface area (Å²) in [6.45, 7) is 0.123. The second-order valence-electron chi connectivity index (χ2n) is 4.24. The lowest BCUT2D eigenvalue weighted by Crippen LogP contribution is -1.98. The SMILES string of the molecule is Nc1nc(Oc2ccc(CCO)cc2)c2cn[nH]c2n1. The number of H-pyrrole nitrogens is 1. The molecule has 102 valence electrons. The van der Waals surface area contributed by atoms with Crippen molar-refractivity contribution in [3.8, 4) is 11.6 Å². The molecule has 2 heterocycles. The number of anilines is 1. The van der Waals surface area contributed by atoms with Crippen molar-refractivity contribution in [3.05, 3.63) is 36.0 Å². The van der Waals surface area contributed by atoms with Gasteiger partial charge in [-0.2, -0.15) is 15.1 Å². The van der Waals surface area contributed by atoms with Gasteiger partial charge in [0.2, 0.25) is 11.8 Å². The summed E-state index contributed by atoms with van der Waals surface area (Å²) >= 11 is 0. The molecule has 0 aliphatic carbocycles. The predicted octanol–water partition coefficient (Wildman–Crippen LogP) is 1.26. The van der Waals surface area contributed by atoms with E-state index in [1.165, 1.54) is 0 Å². The molecule has 0 bridgehead atoms. The first kappa shape index (κ1) is 12.4. The molecule has 7 heteroatoms. The maximum atomic E-state index is 8.88. The van der Waals surface area contributed by atoms with Crippen LogP contribution in [-0.2, 0) is 6.42 Å². The van der Waals surface area contributed by atoms with Crippen LogP contribution in [0.2, 0.25) is 0 Å². The second kappa shape index (κ2) is 5.14. The zero-order valence-corrected chi connectivity index (χ0v) is 10.6. The van der Waals surface area contributed by atoms with Crippen LogP contribution in [0.3, 0.4) is 0 Å². The molecule has 2 aromatic heterocycles. The van der Waals surface area contributed by atoms with Gasteiger partial charge in [-0.05, 0) is 24.1 Å². The van der Waals surface area contributed by atoms with Gasteiger partial charge in [0.15, 0.2) is 5.65 Å². The molecule has 0 fully saturated rings. The second-order valence-corrected chi connectivity index (χ2v) is 4.24. The fourth-order valence-electron chi connectivity index (χ4n) is 1.87. The van der Waals surface area contributed by atoms with E-state index in [1.54, 1.807) is 6.20 Å². The van der Waals surface area contributed by atoms with Crippen molar-refractivity contribution >= 4 is 17.0 Å². The quantitative estimate of drug-likeness (QED) is 0.659. The van der Waals surface area contributed by atoms with Crippen LogP contribution >= 0.6 is 0 Å². The molecular weight excluding hydrogens is 258 g/mol. The number of aliphatic hydroxyl groups excluding tert-OH is 1. The first-order valence-electron chi connectivity index (χ1n) is 6.10. The Balaban J connectivity index is 1.90. The average Bonchev–Trinajstić information content (AvgIpc) is 2.89. The van der Waals surface area contributed by atoms with E-state index in [4.69, 9.17) is 15.6 Å². The van der Waals surface area contributed by atoms with Crippen LogP contribution in [0.1, 0.15) is 5.56 Å². The molecule has 0 spiro atoms. The molecule has 0 amide bonds. The summed E-state index contributed by atoms with van der Waals surface area (Å²) in [6.07, 6.45) is 2.21. The molecule has 0 aliphatic rings. The van der Waals surface area contributed by atoms with Crippen LogP contribution in [0.4, 0.5) is 5.95 Å². The molecule has 1 aromatic carbocycles. The van der Waals surface area contributed by atoms with Crippen molar-refractivity contribution in [2.75, 3.05) is 12.3 Å². The van der Waals surface area contributed by atoms with Crippen molar-refractivity contribution < 1.29 is 9.84 Å². The Morgan fingerprint density at radius 3 is 2.75 bits per heavy atom. The van der Waals surface area contributed by atoms with Crippen LogP contribution in [-0.4, -0.2) is 31.9 Å². The highest BCUT2D eigenvalue weighted by molar-refractivity contribution is 5.80. The van der Waals surface area contributed by atoms with Crippen LogP contribution in [0.25, 0.3) is 11.0 Å². The van der Waals surface area contributed by atoms with E-state index in [0.29, 0.717) is 29.1 Å². The minimum Gasteiger partial charge on any atom is -0.438 e. The molecule has 3 aromatic rings. The van der Waals surface area contributed by atoms with Gasteiger partial charge in [-0.3, -0.25) is 5.10 Å². The number of rotatable bonds is 4. The van der Waals surface area contributed by atoms with Gasteiger partial charge in [0.05, 0.1) is 6.20 Å². The van der Waals surface area contributed by atoms with E-state index < -0.39 is 0 Å². The molecule has 3 rings (SSSR count).